The third kappa shape index (κ3) is 3.99. The zero-order valence-electron chi connectivity index (χ0n) is 20.7. The first-order valence-electron chi connectivity index (χ1n) is 12.8. The summed E-state index contributed by atoms with van der Waals surface area (Å²) in [5.41, 5.74) is 2.64. The predicted octanol–water partition coefficient (Wildman–Crippen LogP) is 2.96. The van der Waals surface area contributed by atoms with E-state index in [-0.39, 0.29) is 35.0 Å². The quantitative estimate of drug-likeness (QED) is 0.600. The zero-order valence-corrected chi connectivity index (χ0v) is 20.7. The van der Waals surface area contributed by atoms with Crippen LogP contribution in [0.3, 0.4) is 0 Å². The molecule has 2 saturated carbocycles. The average Bonchev–Trinajstić information content (AvgIpc) is 3.55. The lowest BCUT2D eigenvalue weighted by molar-refractivity contribution is -0.145. The number of nitrogens with one attached hydrogen (secondary N) is 1. The number of Topliss-reactive ketones (excluding diaryl/α,β-unsaturated/α-hetero) is 2. The van der Waals surface area contributed by atoms with E-state index in [1.54, 1.807) is 4.90 Å². The molecule has 0 radical (unpaired) electrons. The molecule has 4 aliphatic rings. The summed E-state index contributed by atoms with van der Waals surface area (Å²) in [5, 5.41) is 2.91. The number of rotatable bonds is 8. The van der Waals surface area contributed by atoms with Gasteiger partial charge in [-0.25, -0.2) is 0 Å². The smallest absolute Gasteiger partial charge is 0.243 e. The highest BCUT2D eigenvalue weighted by molar-refractivity contribution is 6.38. The Hall–Kier alpha value is -2.50. The number of hydrogen-bond donors (Lipinski definition) is 1. The molecule has 6 nitrogen and oxygen atoms in total. The van der Waals surface area contributed by atoms with E-state index in [2.05, 4.69) is 31.3 Å². The predicted molar refractivity (Wildman–Crippen MR) is 128 cm³/mol. The van der Waals surface area contributed by atoms with Crippen LogP contribution in [0.4, 0.5) is 0 Å². The second-order valence-electron chi connectivity index (χ2n) is 11.8. The van der Waals surface area contributed by atoms with E-state index in [9.17, 15) is 19.2 Å². The number of amides is 2. The normalized spacial score (nSPS) is 28.6. The summed E-state index contributed by atoms with van der Waals surface area (Å²) in [6.07, 6.45) is 4.36. The molecule has 34 heavy (non-hydrogen) atoms. The van der Waals surface area contributed by atoms with Crippen molar-refractivity contribution in [2.75, 3.05) is 6.54 Å². The summed E-state index contributed by atoms with van der Waals surface area (Å²) in [6.45, 7) is 8.17. The third-order valence-corrected chi connectivity index (χ3v) is 9.19. The van der Waals surface area contributed by atoms with Gasteiger partial charge in [0.2, 0.25) is 17.6 Å². The fourth-order valence-electron chi connectivity index (χ4n) is 6.64. The van der Waals surface area contributed by atoms with Gasteiger partial charge >= 0.3 is 0 Å². The fourth-order valence-corrected chi connectivity index (χ4v) is 6.64. The molecule has 1 aliphatic heterocycles. The molecule has 182 valence electrons. The number of piperidine rings is 1. The van der Waals surface area contributed by atoms with Crippen molar-refractivity contribution in [2.45, 2.75) is 71.9 Å². The highest BCUT2D eigenvalue weighted by Gasteiger charge is 2.69. The van der Waals surface area contributed by atoms with Crippen LogP contribution < -0.4 is 5.32 Å². The van der Waals surface area contributed by atoms with E-state index in [4.69, 9.17) is 0 Å². The maximum absolute atomic E-state index is 13.7. The van der Waals surface area contributed by atoms with Gasteiger partial charge in [0.25, 0.3) is 0 Å². The number of fused-ring (bicyclic) bond motifs is 2. The minimum absolute atomic E-state index is 0.00218. The summed E-state index contributed by atoms with van der Waals surface area (Å²) >= 11 is 0. The van der Waals surface area contributed by atoms with Crippen LogP contribution in [-0.4, -0.2) is 46.9 Å². The molecule has 1 aromatic rings. The zero-order chi connectivity index (χ0) is 24.4. The van der Waals surface area contributed by atoms with Crippen LogP contribution in [0.25, 0.3) is 0 Å². The van der Waals surface area contributed by atoms with E-state index in [0.717, 1.165) is 25.7 Å². The van der Waals surface area contributed by atoms with Crippen molar-refractivity contribution in [3.05, 3.63) is 35.4 Å². The Morgan fingerprint density at radius 1 is 1.09 bits per heavy atom. The molecule has 1 saturated heterocycles. The number of nitrogens with zero attached hydrogens (tertiary/aromatic N) is 1. The molecule has 2 amide bonds. The molecule has 3 aliphatic carbocycles. The molecule has 0 aromatic heterocycles. The first-order valence-corrected chi connectivity index (χ1v) is 12.8. The maximum Gasteiger partial charge on any atom is 0.243 e. The van der Waals surface area contributed by atoms with Crippen LogP contribution in [0.2, 0.25) is 0 Å². The molecular formula is C28H36N2O4. The maximum atomic E-state index is 13.7. The van der Waals surface area contributed by atoms with Crippen LogP contribution in [-0.2, 0) is 32.0 Å². The van der Waals surface area contributed by atoms with Crippen molar-refractivity contribution in [1.29, 1.82) is 0 Å². The van der Waals surface area contributed by atoms with Gasteiger partial charge in [-0.3, -0.25) is 19.2 Å². The molecule has 1 heterocycles. The Kier molecular flexibility index (Phi) is 5.69. The number of benzene rings is 1. The molecule has 3 fully saturated rings. The van der Waals surface area contributed by atoms with E-state index >= 15 is 0 Å². The number of carbonyl (C=O) groups is 4. The van der Waals surface area contributed by atoms with Crippen LogP contribution in [0.5, 0.6) is 0 Å². The van der Waals surface area contributed by atoms with Crippen molar-refractivity contribution in [3.8, 4) is 0 Å². The number of ketones is 2. The van der Waals surface area contributed by atoms with E-state index < -0.39 is 23.7 Å². The van der Waals surface area contributed by atoms with Gasteiger partial charge in [0.15, 0.2) is 5.78 Å². The summed E-state index contributed by atoms with van der Waals surface area (Å²) < 4.78 is 0. The summed E-state index contributed by atoms with van der Waals surface area (Å²) in [7, 11) is 0. The first kappa shape index (κ1) is 23.3. The van der Waals surface area contributed by atoms with Gasteiger partial charge in [-0.2, -0.15) is 0 Å². The molecule has 1 N–H and O–H groups in total. The van der Waals surface area contributed by atoms with Gasteiger partial charge in [0, 0.05) is 19.4 Å². The number of hydrogen-bond acceptors (Lipinski definition) is 4. The summed E-state index contributed by atoms with van der Waals surface area (Å²) in [6, 6.07) is 7.03. The van der Waals surface area contributed by atoms with Gasteiger partial charge in [-0.1, -0.05) is 57.9 Å². The van der Waals surface area contributed by atoms with Gasteiger partial charge < -0.3 is 10.2 Å². The highest BCUT2D eigenvalue weighted by Crippen LogP contribution is 2.65. The van der Waals surface area contributed by atoms with Gasteiger partial charge in [-0.05, 0) is 59.5 Å². The average molecular weight is 465 g/mol. The SMILES string of the molecule is CC(=O)C(=O)[C@H](CC1CC1)NC(=O)[C@@H]1[C@@H]2[C@H](CN1C(=O)[C@@H](C)C1Cc3ccccc3C1)C2(C)C. The van der Waals surface area contributed by atoms with E-state index in [0.29, 0.717) is 24.8 Å². The third-order valence-electron chi connectivity index (χ3n) is 9.19. The van der Waals surface area contributed by atoms with E-state index in [1.807, 2.05) is 19.1 Å². The fraction of sp³-hybridized carbons (Fsp3) is 0.643. The second-order valence-corrected chi connectivity index (χ2v) is 11.8. The second kappa shape index (κ2) is 8.31. The summed E-state index contributed by atoms with van der Waals surface area (Å²) in [5.74, 6) is -0.437. The minimum atomic E-state index is -0.780. The van der Waals surface area contributed by atoms with Crippen molar-refractivity contribution < 1.29 is 19.2 Å². The lowest BCUT2D eigenvalue weighted by Gasteiger charge is -2.34. The van der Waals surface area contributed by atoms with Crippen LogP contribution in [0.15, 0.2) is 24.3 Å². The monoisotopic (exact) mass is 464 g/mol. The first-order chi connectivity index (χ1) is 16.1. The Morgan fingerprint density at radius 2 is 1.71 bits per heavy atom. The Balaban J connectivity index is 1.32. The molecule has 1 aromatic carbocycles. The minimum Gasteiger partial charge on any atom is -0.344 e. The van der Waals surface area contributed by atoms with Crippen molar-refractivity contribution in [2.24, 2.45) is 35.0 Å². The lowest BCUT2D eigenvalue weighted by atomic mass is 9.89. The molecule has 5 rings (SSSR count). The standard InChI is InChI=1S/C28H36N2O4/c1-15(20-12-18-7-5-6-8-19(18)13-20)27(34)30-14-21-23(28(21,3)4)24(30)26(33)29-22(11-17-9-10-17)25(32)16(2)31/h5-8,15,17,20-24H,9-14H2,1-4H3,(H,29,33)/t15-,21-,22-,23-,24-/m0/s1. The van der Waals surface area contributed by atoms with Crippen LogP contribution in [0.1, 0.15) is 58.1 Å². The molecule has 5 atom stereocenters. The lowest BCUT2D eigenvalue weighted by Crippen LogP contribution is -2.55. The molecular weight excluding hydrogens is 428 g/mol. The van der Waals surface area contributed by atoms with Gasteiger partial charge in [0.05, 0.1) is 6.04 Å². The molecule has 6 heteroatoms. The van der Waals surface area contributed by atoms with Crippen LogP contribution >= 0.6 is 0 Å². The topological polar surface area (TPSA) is 83.6 Å². The van der Waals surface area contributed by atoms with Crippen molar-refractivity contribution in [3.63, 3.8) is 0 Å². The Bertz CT molecular complexity index is 1020. The Labute approximate surface area is 201 Å². The summed E-state index contributed by atoms with van der Waals surface area (Å²) in [4.78, 5) is 53.4. The van der Waals surface area contributed by atoms with E-state index in [1.165, 1.54) is 18.1 Å². The molecule has 0 spiro atoms. The van der Waals surface area contributed by atoms with Gasteiger partial charge in [0.1, 0.15) is 6.04 Å². The van der Waals surface area contributed by atoms with Crippen molar-refractivity contribution >= 4 is 23.4 Å². The largest absolute Gasteiger partial charge is 0.344 e. The highest BCUT2D eigenvalue weighted by atomic mass is 16.2. The van der Waals surface area contributed by atoms with Crippen LogP contribution in [0, 0.1) is 35.0 Å². The number of carbonyl (C=O) groups excluding carboxylic acids is 4. The molecule has 0 bridgehead atoms. The van der Waals surface area contributed by atoms with Crippen molar-refractivity contribution in [1.82, 2.24) is 10.2 Å². The molecule has 0 unspecified atom stereocenters. The van der Waals surface area contributed by atoms with Gasteiger partial charge in [-0.15, -0.1) is 0 Å². The Morgan fingerprint density at radius 3 is 2.26 bits per heavy atom. The number of likely N-dealkylation sites (tertiary alicyclic amines) is 1.